The van der Waals surface area contributed by atoms with Crippen molar-refractivity contribution in [1.82, 2.24) is 9.78 Å². The first-order valence-electron chi connectivity index (χ1n) is 5.07. The zero-order valence-corrected chi connectivity index (χ0v) is 9.98. The van der Waals surface area contributed by atoms with Crippen LogP contribution in [0.3, 0.4) is 0 Å². The molecule has 0 aliphatic rings. The third-order valence-electron chi connectivity index (χ3n) is 2.42. The highest BCUT2D eigenvalue weighted by molar-refractivity contribution is 6.31. The standard InChI is InChI=1S/C12H11ClN2O2/c1-8-4-9(2-3-11(8)13)10-5-14-15(6-10)7-12(16)17/h2-6H,7H2,1H3,(H,16,17). The lowest BCUT2D eigenvalue weighted by Gasteiger charge is -2.01. The number of aromatic nitrogens is 2. The molecule has 0 bridgehead atoms. The van der Waals surface area contributed by atoms with E-state index in [9.17, 15) is 4.79 Å². The molecule has 0 saturated carbocycles. The van der Waals surface area contributed by atoms with E-state index >= 15 is 0 Å². The fourth-order valence-corrected chi connectivity index (χ4v) is 1.68. The minimum Gasteiger partial charge on any atom is -0.480 e. The number of rotatable bonds is 3. The summed E-state index contributed by atoms with van der Waals surface area (Å²) in [5, 5.41) is 13.4. The van der Waals surface area contributed by atoms with Crippen molar-refractivity contribution in [3.63, 3.8) is 0 Å². The van der Waals surface area contributed by atoms with E-state index in [0.717, 1.165) is 16.7 Å². The highest BCUT2D eigenvalue weighted by Crippen LogP contribution is 2.24. The van der Waals surface area contributed by atoms with Gasteiger partial charge in [0.05, 0.1) is 6.20 Å². The average Bonchev–Trinajstić information content (AvgIpc) is 2.69. The molecule has 0 saturated heterocycles. The summed E-state index contributed by atoms with van der Waals surface area (Å²) in [6.45, 7) is 1.79. The van der Waals surface area contributed by atoms with E-state index < -0.39 is 5.97 Å². The summed E-state index contributed by atoms with van der Waals surface area (Å²) in [4.78, 5) is 10.5. The second-order valence-corrected chi connectivity index (χ2v) is 4.19. The first-order chi connectivity index (χ1) is 8.06. The summed E-state index contributed by atoms with van der Waals surface area (Å²) in [7, 11) is 0. The highest BCUT2D eigenvalue weighted by atomic mass is 35.5. The Kier molecular flexibility index (Phi) is 3.15. The molecule has 1 aromatic heterocycles. The highest BCUT2D eigenvalue weighted by Gasteiger charge is 2.05. The van der Waals surface area contributed by atoms with Crippen LogP contribution in [0.5, 0.6) is 0 Å². The zero-order chi connectivity index (χ0) is 12.4. The van der Waals surface area contributed by atoms with E-state index in [0.29, 0.717) is 5.02 Å². The van der Waals surface area contributed by atoms with Crippen molar-refractivity contribution in [2.24, 2.45) is 0 Å². The monoisotopic (exact) mass is 250 g/mol. The molecular formula is C12H11ClN2O2. The minimum absolute atomic E-state index is 0.132. The fourth-order valence-electron chi connectivity index (χ4n) is 1.56. The molecule has 2 rings (SSSR count). The van der Waals surface area contributed by atoms with Crippen LogP contribution in [0, 0.1) is 6.92 Å². The summed E-state index contributed by atoms with van der Waals surface area (Å²) in [6.07, 6.45) is 3.35. The molecular weight excluding hydrogens is 240 g/mol. The lowest BCUT2D eigenvalue weighted by molar-refractivity contribution is -0.137. The Bertz CT molecular complexity index is 563. The molecule has 0 aliphatic carbocycles. The summed E-state index contributed by atoms with van der Waals surface area (Å²) in [6, 6.07) is 5.66. The van der Waals surface area contributed by atoms with Gasteiger partial charge in [-0.1, -0.05) is 17.7 Å². The van der Waals surface area contributed by atoms with Gasteiger partial charge in [0.15, 0.2) is 0 Å². The Morgan fingerprint density at radius 3 is 2.88 bits per heavy atom. The topological polar surface area (TPSA) is 55.1 Å². The van der Waals surface area contributed by atoms with Gasteiger partial charge in [-0.25, -0.2) is 0 Å². The molecule has 17 heavy (non-hydrogen) atoms. The predicted octanol–water partition coefficient (Wildman–Crippen LogP) is 2.60. The van der Waals surface area contributed by atoms with Crippen LogP contribution in [0.1, 0.15) is 5.56 Å². The molecule has 4 nitrogen and oxygen atoms in total. The van der Waals surface area contributed by atoms with Gasteiger partial charge >= 0.3 is 5.97 Å². The Morgan fingerprint density at radius 2 is 2.24 bits per heavy atom. The van der Waals surface area contributed by atoms with Gasteiger partial charge in [0, 0.05) is 16.8 Å². The molecule has 0 fully saturated rings. The molecule has 0 aliphatic heterocycles. The fraction of sp³-hybridized carbons (Fsp3) is 0.167. The van der Waals surface area contributed by atoms with Crippen molar-refractivity contribution in [3.05, 3.63) is 41.2 Å². The summed E-state index contributed by atoms with van der Waals surface area (Å²) in [5.41, 5.74) is 2.84. The van der Waals surface area contributed by atoms with Crippen LogP contribution >= 0.6 is 11.6 Å². The average molecular weight is 251 g/mol. The van der Waals surface area contributed by atoms with E-state index in [2.05, 4.69) is 5.10 Å². The third-order valence-corrected chi connectivity index (χ3v) is 2.85. The van der Waals surface area contributed by atoms with Gasteiger partial charge in [0.1, 0.15) is 6.54 Å². The number of halogens is 1. The maximum Gasteiger partial charge on any atom is 0.325 e. The van der Waals surface area contributed by atoms with Gasteiger partial charge in [-0.15, -0.1) is 0 Å². The van der Waals surface area contributed by atoms with Crippen LogP contribution in [-0.2, 0) is 11.3 Å². The number of carboxylic acids is 1. The van der Waals surface area contributed by atoms with Crippen LogP contribution in [-0.4, -0.2) is 20.9 Å². The van der Waals surface area contributed by atoms with Crippen LogP contribution in [0.15, 0.2) is 30.6 Å². The predicted molar refractivity (Wildman–Crippen MR) is 65.0 cm³/mol. The van der Waals surface area contributed by atoms with Crippen LogP contribution in [0.25, 0.3) is 11.1 Å². The molecule has 2 aromatic rings. The van der Waals surface area contributed by atoms with Crippen molar-refractivity contribution in [3.8, 4) is 11.1 Å². The van der Waals surface area contributed by atoms with Gasteiger partial charge in [0.2, 0.25) is 0 Å². The van der Waals surface area contributed by atoms with Crippen molar-refractivity contribution < 1.29 is 9.90 Å². The van der Waals surface area contributed by atoms with Crippen molar-refractivity contribution in [2.45, 2.75) is 13.5 Å². The van der Waals surface area contributed by atoms with E-state index in [4.69, 9.17) is 16.7 Å². The van der Waals surface area contributed by atoms with Gasteiger partial charge in [-0.3, -0.25) is 9.48 Å². The Hall–Kier alpha value is -1.81. The molecule has 0 unspecified atom stereocenters. The van der Waals surface area contributed by atoms with E-state index in [1.165, 1.54) is 4.68 Å². The first kappa shape index (κ1) is 11.7. The molecule has 5 heteroatoms. The lowest BCUT2D eigenvalue weighted by Crippen LogP contribution is -2.08. The molecule has 88 valence electrons. The lowest BCUT2D eigenvalue weighted by atomic mass is 10.1. The molecule has 1 aromatic carbocycles. The number of carbonyl (C=O) groups is 1. The molecule has 0 radical (unpaired) electrons. The van der Waals surface area contributed by atoms with E-state index in [-0.39, 0.29) is 6.54 Å². The number of aliphatic carboxylic acids is 1. The van der Waals surface area contributed by atoms with Crippen LogP contribution in [0.2, 0.25) is 5.02 Å². The number of hydrogen-bond acceptors (Lipinski definition) is 2. The molecule has 1 heterocycles. The molecule has 1 N–H and O–H groups in total. The van der Waals surface area contributed by atoms with Crippen LogP contribution < -0.4 is 0 Å². The summed E-state index contributed by atoms with van der Waals surface area (Å²) >= 11 is 5.94. The second kappa shape index (κ2) is 4.59. The van der Waals surface area contributed by atoms with Crippen molar-refractivity contribution >= 4 is 17.6 Å². The number of aryl methyl sites for hydroxylation is 1. The van der Waals surface area contributed by atoms with Gasteiger partial charge in [0.25, 0.3) is 0 Å². The largest absolute Gasteiger partial charge is 0.480 e. The van der Waals surface area contributed by atoms with E-state index in [1.54, 1.807) is 12.4 Å². The maximum atomic E-state index is 10.5. The number of benzene rings is 1. The van der Waals surface area contributed by atoms with Gasteiger partial charge in [-0.2, -0.15) is 5.10 Å². The number of hydrogen-bond donors (Lipinski definition) is 1. The minimum atomic E-state index is -0.910. The van der Waals surface area contributed by atoms with Crippen LogP contribution in [0.4, 0.5) is 0 Å². The van der Waals surface area contributed by atoms with Crippen molar-refractivity contribution in [2.75, 3.05) is 0 Å². The van der Waals surface area contributed by atoms with Gasteiger partial charge in [-0.05, 0) is 30.2 Å². The Morgan fingerprint density at radius 1 is 1.47 bits per heavy atom. The van der Waals surface area contributed by atoms with Crippen molar-refractivity contribution in [1.29, 1.82) is 0 Å². The Balaban J connectivity index is 2.30. The summed E-state index contributed by atoms with van der Waals surface area (Å²) in [5.74, 6) is -0.910. The number of nitrogens with zero attached hydrogens (tertiary/aromatic N) is 2. The smallest absolute Gasteiger partial charge is 0.325 e. The molecule has 0 spiro atoms. The summed E-state index contributed by atoms with van der Waals surface area (Å²) < 4.78 is 1.39. The first-order valence-corrected chi connectivity index (χ1v) is 5.45. The molecule has 0 atom stereocenters. The second-order valence-electron chi connectivity index (χ2n) is 3.78. The normalized spacial score (nSPS) is 10.5. The van der Waals surface area contributed by atoms with Gasteiger partial charge < -0.3 is 5.11 Å². The number of carboxylic acid groups (broad SMARTS) is 1. The quantitative estimate of drug-likeness (QED) is 0.911. The zero-order valence-electron chi connectivity index (χ0n) is 9.22. The third kappa shape index (κ3) is 2.65. The SMILES string of the molecule is Cc1cc(-c2cnn(CC(=O)O)c2)ccc1Cl. The molecule has 0 amide bonds. The Labute approximate surface area is 103 Å². The maximum absolute atomic E-state index is 10.5. The van der Waals surface area contributed by atoms with E-state index in [1.807, 2.05) is 25.1 Å².